The minimum Gasteiger partial charge on any atom is -0.382 e. The number of benzene rings is 2. The second-order valence-corrected chi connectivity index (χ2v) is 10.6. The highest BCUT2D eigenvalue weighted by molar-refractivity contribution is 6.03. The number of carbonyl (C=O) groups is 2. The van der Waals surface area contributed by atoms with Crippen LogP contribution in [0.25, 0.3) is 0 Å². The minimum absolute atomic E-state index is 0.193. The molecule has 2 aromatic carbocycles. The summed E-state index contributed by atoms with van der Waals surface area (Å²) < 4.78 is 6.03. The van der Waals surface area contributed by atoms with E-state index in [4.69, 9.17) is 4.74 Å². The maximum absolute atomic E-state index is 13.0. The van der Waals surface area contributed by atoms with Gasteiger partial charge in [0, 0.05) is 11.1 Å². The van der Waals surface area contributed by atoms with Gasteiger partial charge >= 0.3 is 0 Å². The van der Waals surface area contributed by atoms with Crippen molar-refractivity contribution in [1.82, 2.24) is 0 Å². The van der Waals surface area contributed by atoms with Gasteiger partial charge in [-0.25, -0.2) is 0 Å². The van der Waals surface area contributed by atoms with E-state index >= 15 is 0 Å². The lowest BCUT2D eigenvalue weighted by molar-refractivity contribution is 0.0116. The van der Waals surface area contributed by atoms with Crippen LogP contribution >= 0.6 is 0 Å². The van der Waals surface area contributed by atoms with E-state index in [1.54, 1.807) is 12.1 Å². The van der Waals surface area contributed by atoms with Crippen LogP contribution in [0.1, 0.15) is 107 Å². The summed E-state index contributed by atoms with van der Waals surface area (Å²) in [7, 11) is 0. The highest BCUT2D eigenvalue weighted by Gasteiger charge is 2.38. The lowest BCUT2D eigenvalue weighted by Crippen LogP contribution is -2.40. The van der Waals surface area contributed by atoms with Crippen LogP contribution in [-0.2, 0) is 18.0 Å². The normalized spacial score (nSPS) is 19.3. The van der Waals surface area contributed by atoms with E-state index in [1.807, 2.05) is 38.1 Å². The Hall–Kier alpha value is -2.34. The van der Waals surface area contributed by atoms with Crippen LogP contribution in [0.15, 0.2) is 36.4 Å². The zero-order valence-corrected chi connectivity index (χ0v) is 21.1. The van der Waals surface area contributed by atoms with E-state index in [1.165, 1.54) is 0 Å². The first-order chi connectivity index (χ1) is 16.7. The van der Waals surface area contributed by atoms with E-state index in [-0.39, 0.29) is 11.6 Å². The molecular weight excluding hydrogens is 440 g/mol. The molecule has 0 atom stereocenters. The number of carbonyl (C=O) groups excluding carboxylic acids is 2. The summed E-state index contributed by atoms with van der Waals surface area (Å²) in [5.41, 5.74) is 2.44. The number of hydrogen-bond acceptors (Lipinski definition) is 5. The maximum Gasteiger partial charge on any atom is 0.194 e. The molecule has 0 bridgehead atoms. The molecule has 35 heavy (non-hydrogen) atoms. The van der Waals surface area contributed by atoms with Crippen LogP contribution in [0.4, 0.5) is 0 Å². The highest BCUT2D eigenvalue weighted by Crippen LogP contribution is 2.33. The monoisotopic (exact) mass is 478 g/mol. The Bertz CT molecular complexity index is 989. The third-order valence-electron chi connectivity index (χ3n) is 7.94. The van der Waals surface area contributed by atoms with Crippen molar-refractivity contribution in [3.63, 3.8) is 0 Å². The standard InChI is InChI=1S/C30H38O5/c1-21-9-11-23(27(31)29(33)13-5-3-6-14-29)17-25(21)19-35-20-26-18-24(12-10-22(26)2)28(32)30(34)15-7-4-8-16-30/h9-12,17-18,33-34H,3-8,13-16,19-20H2,1-2H3. The molecule has 0 spiro atoms. The van der Waals surface area contributed by atoms with Gasteiger partial charge in [0.1, 0.15) is 11.2 Å². The Balaban J connectivity index is 1.43. The summed E-state index contributed by atoms with van der Waals surface area (Å²) >= 11 is 0. The zero-order chi connectivity index (χ0) is 25.1. The molecule has 2 saturated carbocycles. The van der Waals surface area contributed by atoms with Crippen molar-refractivity contribution in [2.24, 2.45) is 0 Å². The first-order valence-electron chi connectivity index (χ1n) is 13.0. The van der Waals surface area contributed by atoms with Crippen molar-refractivity contribution >= 4 is 11.6 Å². The van der Waals surface area contributed by atoms with Crippen LogP contribution in [0.2, 0.25) is 0 Å². The minimum atomic E-state index is -1.25. The van der Waals surface area contributed by atoms with Crippen LogP contribution in [0, 0.1) is 13.8 Å². The van der Waals surface area contributed by atoms with Crippen molar-refractivity contribution in [2.75, 3.05) is 0 Å². The SMILES string of the molecule is Cc1ccc(C(=O)C2(O)CCCCC2)cc1COCc1cc(C(=O)C2(O)CCCCC2)ccc1C. The quantitative estimate of drug-likeness (QED) is 0.470. The molecule has 5 nitrogen and oxygen atoms in total. The van der Waals surface area contributed by atoms with Gasteiger partial charge in [-0.3, -0.25) is 9.59 Å². The smallest absolute Gasteiger partial charge is 0.194 e. The summed E-state index contributed by atoms with van der Waals surface area (Å²) in [5.74, 6) is -0.387. The lowest BCUT2D eigenvalue weighted by atomic mass is 9.79. The van der Waals surface area contributed by atoms with Gasteiger partial charge in [-0.15, -0.1) is 0 Å². The number of hydrogen-bond donors (Lipinski definition) is 2. The van der Waals surface area contributed by atoms with E-state index in [2.05, 4.69) is 0 Å². The van der Waals surface area contributed by atoms with Crippen LogP contribution in [-0.4, -0.2) is 33.0 Å². The Morgan fingerprint density at radius 3 is 1.43 bits per heavy atom. The van der Waals surface area contributed by atoms with Gasteiger partial charge in [0.25, 0.3) is 0 Å². The van der Waals surface area contributed by atoms with Gasteiger partial charge in [0.05, 0.1) is 13.2 Å². The Morgan fingerprint density at radius 2 is 1.06 bits per heavy atom. The molecule has 0 radical (unpaired) electrons. The van der Waals surface area contributed by atoms with Crippen LogP contribution < -0.4 is 0 Å². The topological polar surface area (TPSA) is 83.8 Å². The first-order valence-corrected chi connectivity index (χ1v) is 13.0. The fraction of sp³-hybridized carbons (Fsp3) is 0.533. The molecular formula is C30H38O5. The molecule has 0 unspecified atom stereocenters. The van der Waals surface area contributed by atoms with E-state index in [9.17, 15) is 19.8 Å². The van der Waals surface area contributed by atoms with Gasteiger partial charge in [-0.05, 0) is 73.9 Å². The first kappa shape index (κ1) is 25.7. The summed E-state index contributed by atoms with van der Waals surface area (Å²) in [4.78, 5) is 26.1. The van der Waals surface area contributed by atoms with Gasteiger partial charge in [0.15, 0.2) is 11.6 Å². The van der Waals surface area contributed by atoms with E-state index in [0.717, 1.165) is 60.8 Å². The van der Waals surface area contributed by atoms with Gasteiger partial charge in [0.2, 0.25) is 0 Å². The third kappa shape index (κ3) is 5.74. The highest BCUT2D eigenvalue weighted by atomic mass is 16.5. The summed E-state index contributed by atoms with van der Waals surface area (Å²) in [6, 6.07) is 11.1. The predicted octanol–water partition coefficient (Wildman–Crippen LogP) is 5.78. The number of ketones is 2. The number of aliphatic hydroxyl groups is 2. The van der Waals surface area contributed by atoms with Crippen molar-refractivity contribution in [1.29, 1.82) is 0 Å². The molecule has 188 valence electrons. The number of ether oxygens (including phenoxy) is 1. The summed E-state index contributed by atoms with van der Waals surface area (Å²) in [6.07, 6.45) is 7.73. The molecule has 2 aromatic rings. The molecule has 2 aliphatic carbocycles. The molecule has 0 aliphatic heterocycles. The molecule has 0 aromatic heterocycles. The predicted molar refractivity (Wildman–Crippen MR) is 136 cm³/mol. The van der Waals surface area contributed by atoms with Crippen molar-refractivity contribution in [3.05, 3.63) is 69.8 Å². The van der Waals surface area contributed by atoms with Gasteiger partial charge in [-0.2, -0.15) is 0 Å². The van der Waals surface area contributed by atoms with Crippen molar-refractivity contribution in [3.8, 4) is 0 Å². The molecule has 0 saturated heterocycles. The summed E-state index contributed by atoms with van der Waals surface area (Å²) in [5, 5.41) is 21.7. The second kappa shape index (κ2) is 10.7. The van der Waals surface area contributed by atoms with E-state index < -0.39 is 11.2 Å². The van der Waals surface area contributed by atoms with Gasteiger partial charge < -0.3 is 14.9 Å². The average Bonchev–Trinajstić information content (AvgIpc) is 2.86. The number of aryl methyl sites for hydroxylation is 2. The summed E-state index contributed by atoms with van der Waals surface area (Å²) in [6.45, 7) is 4.62. The fourth-order valence-corrected chi connectivity index (χ4v) is 5.47. The van der Waals surface area contributed by atoms with Crippen LogP contribution in [0.5, 0.6) is 0 Å². The molecule has 4 rings (SSSR count). The third-order valence-corrected chi connectivity index (χ3v) is 7.94. The molecule has 0 amide bonds. The average molecular weight is 479 g/mol. The van der Waals surface area contributed by atoms with E-state index in [0.29, 0.717) is 50.0 Å². The second-order valence-electron chi connectivity index (χ2n) is 10.6. The Labute approximate surface area is 208 Å². The van der Waals surface area contributed by atoms with Crippen molar-refractivity contribution in [2.45, 2.75) is 102 Å². The molecule has 2 fully saturated rings. The van der Waals surface area contributed by atoms with Gasteiger partial charge in [-0.1, -0.05) is 62.8 Å². The fourth-order valence-electron chi connectivity index (χ4n) is 5.47. The zero-order valence-electron chi connectivity index (χ0n) is 21.1. The maximum atomic E-state index is 13.0. The van der Waals surface area contributed by atoms with Crippen molar-refractivity contribution < 1.29 is 24.5 Å². The largest absolute Gasteiger partial charge is 0.382 e. The Morgan fingerprint density at radius 1 is 0.686 bits per heavy atom. The molecule has 2 N–H and O–H groups in total. The number of rotatable bonds is 8. The molecule has 0 heterocycles. The number of Topliss-reactive ketones (excluding diaryl/α,β-unsaturated/α-hetero) is 2. The van der Waals surface area contributed by atoms with Crippen LogP contribution in [0.3, 0.4) is 0 Å². The molecule has 2 aliphatic rings. The Kier molecular flexibility index (Phi) is 7.89. The molecule has 5 heteroatoms. The lowest BCUT2D eigenvalue weighted by Gasteiger charge is -2.30.